The van der Waals surface area contributed by atoms with Gasteiger partial charge in [-0.1, -0.05) is 0 Å². The summed E-state index contributed by atoms with van der Waals surface area (Å²) >= 11 is 1.43. The molecule has 0 unspecified atom stereocenters. The van der Waals surface area contributed by atoms with Gasteiger partial charge in [0.2, 0.25) is 11.8 Å². The number of hydrogen-bond donors (Lipinski definition) is 1. The number of aromatic nitrogens is 3. The van der Waals surface area contributed by atoms with Crippen LogP contribution in [-0.2, 0) is 0 Å². The Morgan fingerprint density at radius 3 is 3.06 bits per heavy atom. The van der Waals surface area contributed by atoms with E-state index in [2.05, 4.69) is 14.3 Å². The van der Waals surface area contributed by atoms with Crippen molar-refractivity contribution in [1.29, 1.82) is 0 Å². The van der Waals surface area contributed by atoms with Gasteiger partial charge in [0.05, 0.1) is 4.70 Å². The molecule has 0 radical (unpaired) electrons. The molecule has 1 aromatic carbocycles. The van der Waals surface area contributed by atoms with E-state index in [1.54, 1.807) is 12.3 Å². The molecule has 0 saturated heterocycles. The minimum atomic E-state index is 0.196. The van der Waals surface area contributed by atoms with Crippen molar-refractivity contribution in [3.05, 3.63) is 36.7 Å². The Morgan fingerprint density at radius 1 is 1.24 bits per heavy atom. The van der Waals surface area contributed by atoms with Crippen LogP contribution in [0.1, 0.15) is 0 Å². The standard InChI is InChI=1S/C11H8N4OS/c12-11-13-4-3-10(15-11)16-8-2-1-7-6-14-17-9(7)5-8/h1-6H,(H2,12,13,15). The molecule has 0 fully saturated rings. The Balaban J connectivity index is 1.94. The second-order valence-corrected chi connectivity index (χ2v) is 4.21. The zero-order valence-corrected chi connectivity index (χ0v) is 9.52. The van der Waals surface area contributed by atoms with Gasteiger partial charge < -0.3 is 10.5 Å². The van der Waals surface area contributed by atoms with Gasteiger partial charge in [-0.05, 0) is 23.7 Å². The van der Waals surface area contributed by atoms with Crippen LogP contribution in [0, 0.1) is 0 Å². The van der Waals surface area contributed by atoms with Gasteiger partial charge in [-0.3, -0.25) is 0 Å². The van der Waals surface area contributed by atoms with Crippen molar-refractivity contribution in [2.45, 2.75) is 0 Å². The van der Waals surface area contributed by atoms with Crippen molar-refractivity contribution in [2.75, 3.05) is 5.73 Å². The van der Waals surface area contributed by atoms with Gasteiger partial charge in [0, 0.05) is 29.9 Å². The van der Waals surface area contributed by atoms with E-state index >= 15 is 0 Å². The summed E-state index contributed by atoms with van der Waals surface area (Å²) in [4.78, 5) is 7.77. The minimum Gasteiger partial charge on any atom is -0.439 e. The van der Waals surface area contributed by atoms with E-state index in [-0.39, 0.29) is 5.95 Å². The monoisotopic (exact) mass is 244 g/mol. The van der Waals surface area contributed by atoms with Crippen molar-refractivity contribution in [3.8, 4) is 11.6 Å². The van der Waals surface area contributed by atoms with E-state index < -0.39 is 0 Å². The van der Waals surface area contributed by atoms with Gasteiger partial charge in [0.15, 0.2) is 0 Å². The lowest BCUT2D eigenvalue weighted by atomic mass is 10.3. The molecule has 84 valence electrons. The van der Waals surface area contributed by atoms with E-state index in [4.69, 9.17) is 10.5 Å². The highest BCUT2D eigenvalue weighted by atomic mass is 32.1. The first-order chi connectivity index (χ1) is 8.31. The zero-order valence-electron chi connectivity index (χ0n) is 8.70. The number of benzene rings is 1. The van der Waals surface area contributed by atoms with E-state index in [9.17, 15) is 0 Å². The van der Waals surface area contributed by atoms with Crippen LogP contribution in [0.5, 0.6) is 11.6 Å². The van der Waals surface area contributed by atoms with E-state index in [1.165, 1.54) is 11.5 Å². The van der Waals surface area contributed by atoms with Gasteiger partial charge in [-0.2, -0.15) is 9.36 Å². The molecule has 0 saturated carbocycles. The number of ether oxygens (including phenoxy) is 1. The summed E-state index contributed by atoms with van der Waals surface area (Å²) in [6.07, 6.45) is 3.38. The molecule has 0 spiro atoms. The molecular formula is C11H8N4OS. The van der Waals surface area contributed by atoms with Crippen LogP contribution in [0.25, 0.3) is 10.1 Å². The summed E-state index contributed by atoms with van der Waals surface area (Å²) in [5.74, 6) is 1.34. The minimum absolute atomic E-state index is 0.196. The molecule has 2 aromatic heterocycles. The summed E-state index contributed by atoms with van der Waals surface area (Å²) in [5.41, 5.74) is 5.48. The van der Waals surface area contributed by atoms with Crippen LogP contribution in [0.3, 0.4) is 0 Å². The smallest absolute Gasteiger partial charge is 0.224 e. The summed E-state index contributed by atoms with van der Waals surface area (Å²) in [7, 11) is 0. The molecular weight excluding hydrogens is 236 g/mol. The van der Waals surface area contributed by atoms with Gasteiger partial charge in [0.25, 0.3) is 0 Å². The Labute approximate surface area is 101 Å². The number of hydrogen-bond acceptors (Lipinski definition) is 6. The second-order valence-electron chi connectivity index (χ2n) is 3.38. The number of rotatable bonds is 2. The fourth-order valence-corrected chi connectivity index (χ4v) is 2.11. The normalized spacial score (nSPS) is 10.6. The van der Waals surface area contributed by atoms with Crippen LogP contribution < -0.4 is 10.5 Å². The van der Waals surface area contributed by atoms with Crippen molar-refractivity contribution in [3.63, 3.8) is 0 Å². The van der Waals surface area contributed by atoms with Crippen LogP contribution >= 0.6 is 11.5 Å². The molecule has 3 rings (SSSR count). The third kappa shape index (κ3) is 2.02. The molecule has 0 aliphatic heterocycles. The molecule has 0 atom stereocenters. The number of nitrogen functional groups attached to an aromatic ring is 1. The van der Waals surface area contributed by atoms with E-state index in [0.29, 0.717) is 11.6 Å². The maximum atomic E-state index is 5.58. The average Bonchev–Trinajstić information content (AvgIpc) is 2.76. The lowest BCUT2D eigenvalue weighted by molar-refractivity contribution is 0.463. The van der Waals surface area contributed by atoms with Gasteiger partial charge in [0.1, 0.15) is 5.75 Å². The highest BCUT2D eigenvalue weighted by Gasteiger charge is 2.02. The number of anilines is 1. The number of nitrogens with two attached hydrogens (primary N) is 1. The molecule has 17 heavy (non-hydrogen) atoms. The van der Waals surface area contributed by atoms with Gasteiger partial charge in [-0.15, -0.1) is 0 Å². The van der Waals surface area contributed by atoms with Crippen molar-refractivity contribution in [1.82, 2.24) is 14.3 Å². The Bertz CT molecular complexity index is 667. The number of fused-ring (bicyclic) bond motifs is 1. The van der Waals surface area contributed by atoms with E-state index in [1.807, 2.05) is 24.4 Å². The Hall–Kier alpha value is -2.21. The van der Waals surface area contributed by atoms with Gasteiger partial charge in [-0.25, -0.2) is 4.98 Å². The lowest BCUT2D eigenvalue weighted by Crippen LogP contribution is -1.95. The molecule has 0 bridgehead atoms. The summed E-state index contributed by atoms with van der Waals surface area (Å²) in [6.45, 7) is 0. The maximum absolute atomic E-state index is 5.58. The maximum Gasteiger partial charge on any atom is 0.224 e. The first-order valence-corrected chi connectivity index (χ1v) is 5.69. The Kier molecular flexibility index (Phi) is 2.34. The molecule has 2 heterocycles. The molecule has 0 amide bonds. The van der Waals surface area contributed by atoms with Crippen LogP contribution in [0.4, 0.5) is 5.95 Å². The fraction of sp³-hybridized carbons (Fsp3) is 0. The van der Waals surface area contributed by atoms with Crippen molar-refractivity contribution < 1.29 is 4.74 Å². The first-order valence-electron chi connectivity index (χ1n) is 4.92. The average molecular weight is 244 g/mol. The number of nitrogens with zero attached hydrogens (tertiary/aromatic N) is 3. The summed E-state index contributed by atoms with van der Waals surface area (Å²) in [5, 5.41) is 1.10. The van der Waals surface area contributed by atoms with Crippen LogP contribution in [-0.4, -0.2) is 14.3 Å². The van der Waals surface area contributed by atoms with Crippen molar-refractivity contribution in [2.24, 2.45) is 0 Å². The molecule has 0 aliphatic carbocycles. The lowest BCUT2D eigenvalue weighted by Gasteiger charge is -2.04. The molecule has 2 N–H and O–H groups in total. The van der Waals surface area contributed by atoms with Crippen LogP contribution in [0.15, 0.2) is 36.7 Å². The largest absolute Gasteiger partial charge is 0.439 e. The molecule has 5 nitrogen and oxygen atoms in total. The molecule has 0 aliphatic rings. The molecule has 3 aromatic rings. The topological polar surface area (TPSA) is 73.9 Å². The van der Waals surface area contributed by atoms with Crippen LogP contribution in [0.2, 0.25) is 0 Å². The summed E-state index contributed by atoms with van der Waals surface area (Å²) in [6, 6.07) is 7.41. The highest BCUT2D eigenvalue weighted by molar-refractivity contribution is 7.13. The molecule has 6 heteroatoms. The quantitative estimate of drug-likeness (QED) is 0.749. The zero-order chi connectivity index (χ0) is 11.7. The first kappa shape index (κ1) is 9.98. The predicted octanol–water partition coefficient (Wildman–Crippen LogP) is 2.46. The second kappa shape index (κ2) is 3.99. The highest BCUT2D eigenvalue weighted by Crippen LogP contribution is 2.26. The third-order valence-corrected chi connectivity index (χ3v) is 2.96. The third-order valence-electron chi connectivity index (χ3n) is 2.20. The SMILES string of the molecule is Nc1nccc(Oc2ccc3cnsc3c2)n1. The predicted molar refractivity (Wildman–Crippen MR) is 66.1 cm³/mol. The fourth-order valence-electron chi connectivity index (χ4n) is 1.44. The van der Waals surface area contributed by atoms with Gasteiger partial charge >= 0.3 is 0 Å². The Morgan fingerprint density at radius 2 is 2.18 bits per heavy atom. The summed E-state index contributed by atoms with van der Waals surface area (Å²) < 4.78 is 10.8. The van der Waals surface area contributed by atoms with Crippen molar-refractivity contribution >= 4 is 27.6 Å². The van der Waals surface area contributed by atoms with E-state index in [0.717, 1.165) is 10.1 Å².